The second-order valence-corrected chi connectivity index (χ2v) is 15.6. The van der Waals surface area contributed by atoms with E-state index in [0.717, 1.165) is 45.1 Å². The standard InChI is InChI=1S/C33H52O9/c1-16-7-10-33(39-15-16)17(2)26-23(42-33)13-22-20-6-5-18-11-19(35)12-25(32(18,4)21(20)8-9-31(22,26)3)41-30-29(38)28(37)27(36)24(14-34)40-30/h5,16-17,19-30,34-38H,6-15H2,1-4H3/t16-,17+,19-,20-,21+,22+,23+,24-,25-,26+,27-,28+,29-,30+,31+,32+,33-/m1/s1. The molecule has 0 aromatic carbocycles. The van der Waals surface area contributed by atoms with Gasteiger partial charge in [-0.2, -0.15) is 0 Å². The third-order valence-electron chi connectivity index (χ3n) is 13.6. The van der Waals surface area contributed by atoms with Crippen LogP contribution in [0.5, 0.6) is 0 Å². The van der Waals surface area contributed by atoms with Crippen LogP contribution in [0.25, 0.3) is 0 Å². The van der Waals surface area contributed by atoms with Crippen molar-refractivity contribution in [2.24, 2.45) is 46.3 Å². The van der Waals surface area contributed by atoms with Gasteiger partial charge in [-0.15, -0.1) is 0 Å². The van der Waals surface area contributed by atoms with E-state index < -0.39 is 55.3 Å². The van der Waals surface area contributed by atoms with Gasteiger partial charge in [-0.05, 0) is 73.5 Å². The predicted molar refractivity (Wildman–Crippen MR) is 152 cm³/mol. The van der Waals surface area contributed by atoms with Crippen molar-refractivity contribution in [2.45, 2.75) is 134 Å². The number of allylic oxidation sites excluding steroid dienone is 1. The summed E-state index contributed by atoms with van der Waals surface area (Å²) in [6, 6.07) is 0. The topological polar surface area (TPSA) is 138 Å². The zero-order chi connectivity index (χ0) is 29.8. The molecule has 0 radical (unpaired) electrons. The van der Waals surface area contributed by atoms with Crippen LogP contribution >= 0.6 is 0 Å². The Balaban J connectivity index is 1.15. The first-order valence-corrected chi connectivity index (χ1v) is 16.6. The highest BCUT2D eigenvalue weighted by atomic mass is 16.7. The highest BCUT2D eigenvalue weighted by Gasteiger charge is 2.69. The molecule has 17 atom stereocenters. The molecule has 7 aliphatic rings. The average molecular weight is 593 g/mol. The highest BCUT2D eigenvalue weighted by molar-refractivity contribution is 5.28. The van der Waals surface area contributed by atoms with Gasteiger partial charge in [-0.3, -0.25) is 0 Å². The Morgan fingerprint density at radius 2 is 1.76 bits per heavy atom. The third kappa shape index (κ3) is 4.21. The molecule has 9 nitrogen and oxygen atoms in total. The van der Waals surface area contributed by atoms with Gasteiger partial charge in [-0.25, -0.2) is 0 Å². The number of fused-ring (bicyclic) bond motifs is 7. The molecule has 6 fully saturated rings. The molecule has 4 aliphatic carbocycles. The molecule has 0 amide bonds. The smallest absolute Gasteiger partial charge is 0.187 e. The molecule has 0 bridgehead atoms. The Morgan fingerprint density at radius 1 is 0.976 bits per heavy atom. The summed E-state index contributed by atoms with van der Waals surface area (Å²) in [5.41, 5.74) is 1.02. The molecule has 0 aromatic heterocycles. The van der Waals surface area contributed by atoms with Crippen LogP contribution in [0.15, 0.2) is 11.6 Å². The van der Waals surface area contributed by atoms with E-state index >= 15 is 0 Å². The van der Waals surface area contributed by atoms with Crippen LogP contribution in [0.4, 0.5) is 0 Å². The molecule has 3 heterocycles. The summed E-state index contributed by atoms with van der Waals surface area (Å²) >= 11 is 0. The fourth-order valence-corrected chi connectivity index (χ4v) is 11.2. The molecule has 238 valence electrons. The van der Waals surface area contributed by atoms with E-state index in [1.807, 2.05) is 0 Å². The molecule has 3 aliphatic heterocycles. The average Bonchev–Trinajstić information content (AvgIpc) is 3.41. The SMILES string of the molecule is C[C@@H]1CC[C@@]2(OC1)O[C@H]1C[C@H]3[C@@H]4CC=C5C[C@@H](O)C[C@@H](O[C@@H]6O[C@H](CO)[C@@H](O)[C@H](O)[C@H]6O)[C@]5(C)[C@H]4CC[C@]3(C)[C@H]1[C@@H]2C. The number of aliphatic hydroxyl groups excluding tert-OH is 5. The summed E-state index contributed by atoms with van der Waals surface area (Å²) in [6.07, 6.45) is 2.28. The van der Waals surface area contributed by atoms with Crippen LogP contribution in [-0.2, 0) is 18.9 Å². The maximum Gasteiger partial charge on any atom is 0.187 e. The Morgan fingerprint density at radius 3 is 2.48 bits per heavy atom. The number of ether oxygens (including phenoxy) is 4. The number of hydrogen-bond acceptors (Lipinski definition) is 9. The molecular formula is C33H52O9. The lowest BCUT2D eigenvalue weighted by Gasteiger charge is -2.60. The lowest BCUT2D eigenvalue weighted by molar-refractivity contribution is -0.324. The Labute approximate surface area is 249 Å². The van der Waals surface area contributed by atoms with E-state index in [4.69, 9.17) is 18.9 Å². The minimum absolute atomic E-state index is 0.171. The van der Waals surface area contributed by atoms with Crippen molar-refractivity contribution >= 4 is 0 Å². The van der Waals surface area contributed by atoms with Crippen molar-refractivity contribution in [3.05, 3.63) is 11.6 Å². The number of aliphatic hydroxyl groups is 5. The second-order valence-electron chi connectivity index (χ2n) is 15.6. The summed E-state index contributed by atoms with van der Waals surface area (Å²) in [5.74, 6) is 2.31. The zero-order valence-corrected chi connectivity index (χ0v) is 25.6. The van der Waals surface area contributed by atoms with Crippen LogP contribution in [-0.4, -0.2) is 93.6 Å². The largest absolute Gasteiger partial charge is 0.394 e. The van der Waals surface area contributed by atoms with Gasteiger partial charge < -0.3 is 44.5 Å². The van der Waals surface area contributed by atoms with E-state index in [1.165, 1.54) is 5.57 Å². The maximum atomic E-state index is 10.9. The van der Waals surface area contributed by atoms with E-state index in [2.05, 4.69) is 33.8 Å². The molecule has 3 saturated carbocycles. The molecule has 0 unspecified atom stereocenters. The minimum Gasteiger partial charge on any atom is -0.394 e. The zero-order valence-electron chi connectivity index (χ0n) is 25.6. The van der Waals surface area contributed by atoms with Gasteiger partial charge in [0.25, 0.3) is 0 Å². The van der Waals surface area contributed by atoms with Crippen molar-refractivity contribution in [2.75, 3.05) is 13.2 Å². The van der Waals surface area contributed by atoms with E-state index in [1.54, 1.807) is 0 Å². The monoisotopic (exact) mass is 592 g/mol. The summed E-state index contributed by atoms with van der Waals surface area (Å²) in [5, 5.41) is 52.1. The number of rotatable bonds is 3. The highest BCUT2D eigenvalue weighted by Crippen LogP contribution is 2.71. The van der Waals surface area contributed by atoms with Crippen molar-refractivity contribution in [1.82, 2.24) is 0 Å². The van der Waals surface area contributed by atoms with Gasteiger partial charge in [-0.1, -0.05) is 39.3 Å². The quantitative estimate of drug-likeness (QED) is 0.313. The van der Waals surface area contributed by atoms with Crippen LogP contribution in [0.3, 0.4) is 0 Å². The molecule has 5 N–H and O–H groups in total. The molecule has 3 saturated heterocycles. The van der Waals surface area contributed by atoms with Crippen molar-refractivity contribution in [3.63, 3.8) is 0 Å². The first-order valence-electron chi connectivity index (χ1n) is 16.6. The molecule has 9 heteroatoms. The van der Waals surface area contributed by atoms with E-state index in [9.17, 15) is 25.5 Å². The van der Waals surface area contributed by atoms with Gasteiger partial charge >= 0.3 is 0 Å². The van der Waals surface area contributed by atoms with Gasteiger partial charge in [0.15, 0.2) is 12.1 Å². The second kappa shape index (κ2) is 10.5. The normalized spacial score (nSPS) is 59.0. The van der Waals surface area contributed by atoms with E-state index in [-0.39, 0.29) is 16.9 Å². The molecule has 1 spiro atoms. The third-order valence-corrected chi connectivity index (χ3v) is 13.6. The maximum absolute atomic E-state index is 10.9. The Kier molecular flexibility index (Phi) is 7.48. The Hall–Kier alpha value is -0.620. The molecular weight excluding hydrogens is 540 g/mol. The van der Waals surface area contributed by atoms with Gasteiger partial charge in [0.2, 0.25) is 0 Å². The predicted octanol–water partition coefficient (Wildman–Crippen LogP) is 2.51. The number of hydrogen-bond donors (Lipinski definition) is 5. The van der Waals surface area contributed by atoms with Gasteiger partial charge in [0.05, 0.1) is 31.5 Å². The first kappa shape index (κ1) is 30.1. The van der Waals surface area contributed by atoms with Crippen molar-refractivity contribution < 1.29 is 44.5 Å². The summed E-state index contributed by atoms with van der Waals surface area (Å²) < 4.78 is 25.7. The lowest BCUT2D eigenvalue weighted by Crippen LogP contribution is -2.62. The molecule has 0 aromatic rings. The van der Waals surface area contributed by atoms with E-state index in [0.29, 0.717) is 48.3 Å². The van der Waals surface area contributed by atoms with Crippen LogP contribution in [0.2, 0.25) is 0 Å². The lowest BCUT2D eigenvalue weighted by atomic mass is 9.46. The van der Waals surface area contributed by atoms with Crippen molar-refractivity contribution in [3.8, 4) is 0 Å². The van der Waals surface area contributed by atoms with Gasteiger partial charge in [0, 0.05) is 24.2 Å². The van der Waals surface area contributed by atoms with Gasteiger partial charge in [0.1, 0.15) is 24.4 Å². The fraction of sp³-hybridized carbons (Fsp3) is 0.939. The summed E-state index contributed by atoms with van der Waals surface area (Å²) in [4.78, 5) is 0. The van der Waals surface area contributed by atoms with Crippen molar-refractivity contribution in [1.29, 1.82) is 0 Å². The molecule has 7 rings (SSSR count). The minimum atomic E-state index is -1.49. The first-order chi connectivity index (χ1) is 19.9. The summed E-state index contributed by atoms with van der Waals surface area (Å²) in [6.45, 7) is 9.68. The Bertz CT molecular complexity index is 1060. The fourth-order valence-electron chi connectivity index (χ4n) is 11.2. The van der Waals surface area contributed by atoms with Crippen LogP contribution < -0.4 is 0 Å². The summed E-state index contributed by atoms with van der Waals surface area (Å²) in [7, 11) is 0. The molecule has 42 heavy (non-hydrogen) atoms. The van der Waals surface area contributed by atoms with Crippen LogP contribution in [0, 0.1) is 46.3 Å². The van der Waals surface area contributed by atoms with Crippen LogP contribution in [0.1, 0.15) is 79.1 Å².